The summed E-state index contributed by atoms with van der Waals surface area (Å²) in [6.45, 7) is 3.74. The lowest BCUT2D eigenvalue weighted by atomic mass is 9.77. The van der Waals surface area contributed by atoms with E-state index < -0.39 is 23.0 Å². The summed E-state index contributed by atoms with van der Waals surface area (Å²) in [6, 6.07) is 11.0. The normalized spacial score (nSPS) is 14.2. The van der Waals surface area contributed by atoms with Crippen LogP contribution in [0.25, 0.3) is 0 Å². The van der Waals surface area contributed by atoms with Gasteiger partial charge >= 0.3 is 5.69 Å². The Morgan fingerprint density at radius 1 is 1.12 bits per heavy atom. The molecular formula is C24H19N5O3. The number of carbonyl (C=O) groups excluding carboxylic acids is 1. The first-order valence-corrected chi connectivity index (χ1v) is 10.1. The highest BCUT2D eigenvalue weighted by atomic mass is 16.2. The number of rotatable bonds is 4. The second kappa shape index (κ2) is 8.09. The molecule has 1 N–H and O–H groups in total. The van der Waals surface area contributed by atoms with Crippen LogP contribution in [0.2, 0.25) is 0 Å². The molecule has 3 aromatic rings. The van der Waals surface area contributed by atoms with Crippen molar-refractivity contribution in [3.63, 3.8) is 0 Å². The molecular weight excluding hydrogens is 406 g/mol. The molecule has 0 amide bonds. The summed E-state index contributed by atoms with van der Waals surface area (Å²) in [7, 11) is 0. The molecule has 0 radical (unpaired) electrons. The number of pyridine rings is 1. The lowest BCUT2D eigenvalue weighted by Gasteiger charge is -2.28. The van der Waals surface area contributed by atoms with Crippen molar-refractivity contribution < 1.29 is 4.79 Å². The van der Waals surface area contributed by atoms with Gasteiger partial charge in [0.05, 0.1) is 18.2 Å². The summed E-state index contributed by atoms with van der Waals surface area (Å²) in [5, 5.41) is 18.0. The minimum Gasteiger partial charge on any atom is -0.287 e. The fraction of sp³-hybridized carbons (Fsp3) is 0.250. The van der Waals surface area contributed by atoms with E-state index in [1.165, 1.54) is 10.8 Å². The maximum Gasteiger partial charge on any atom is 0.329 e. The smallest absolute Gasteiger partial charge is 0.287 e. The third kappa shape index (κ3) is 3.42. The summed E-state index contributed by atoms with van der Waals surface area (Å²) in [4.78, 5) is 45.4. The molecule has 32 heavy (non-hydrogen) atoms. The van der Waals surface area contributed by atoms with Crippen LogP contribution >= 0.6 is 0 Å². The van der Waals surface area contributed by atoms with Gasteiger partial charge in [-0.2, -0.15) is 10.5 Å². The molecule has 2 aromatic heterocycles. The SMILES string of the molecule is Cc1cc(CCC#N)cc2c1C(C)c1c(n(Cc3ccnc(C#N)c3)c(=O)[nH]c1=O)C2=O. The Balaban J connectivity index is 1.92. The molecule has 0 aliphatic heterocycles. The van der Waals surface area contributed by atoms with E-state index in [4.69, 9.17) is 10.5 Å². The quantitative estimate of drug-likeness (QED) is 0.682. The molecule has 2 heterocycles. The summed E-state index contributed by atoms with van der Waals surface area (Å²) in [5.74, 6) is -0.793. The molecule has 0 saturated carbocycles. The highest BCUT2D eigenvalue weighted by molar-refractivity contribution is 6.12. The van der Waals surface area contributed by atoms with Gasteiger partial charge in [-0.25, -0.2) is 9.78 Å². The number of carbonyl (C=O) groups is 1. The molecule has 0 spiro atoms. The van der Waals surface area contributed by atoms with Gasteiger partial charge < -0.3 is 0 Å². The average molecular weight is 425 g/mol. The predicted molar refractivity (Wildman–Crippen MR) is 115 cm³/mol. The van der Waals surface area contributed by atoms with Crippen LogP contribution in [0.5, 0.6) is 0 Å². The largest absolute Gasteiger partial charge is 0.329 e. The Kier molecular flexibility index (Phi) is 5.29. The van der Waals surface area contributed by atoms with Gasteiger partial charge in [-0.05, 0) is 53.8 Å². The zero-order chi connectivity index (χ0) is 23.0. The van der Waals surface area contributed by atoms with E-state index in [0.29, 0.717) is 24.0 Å². The highest BCUT2D eigenvalue weighted by Gasteiger charge is 2.35. The van der Waals surface area contributed by atoms with Gasteiger partial charge in [-0.3, -0.25) is 19.1 Å². The average Bonchev–Trinajstić information content (AvgIpc) is 2.77. The van der Waals surface area contributed by atoms with E-state index in [2.05, 4.69) is 16.0 Å². The molecule has 1 unspecified atom stereocenters. The highest BCUT2D eigenvalue weighted by Crippen LogP contribution is 2.37. The molecule has 1 atom stereocenters. The molecule has 0 fully saturated rings. The van der Waals surface area contributed by atoms with Crippen LogP contribution in [0, 0.1) is 29.6 Å². The number of aromatic amines is 1. The zero-order valence-electron chi connectivity index (χ0n) is 17.6. The number of fused-ring (bicyclic) bond motifs is 2. The third-order valence-corrected chi connectivity index (χ3v) is 5.81. The van der Waals surface area contributed by atoms with Gasteiger partial charge in [0, 0.05) is 24.1 Å². The maximum absolute atomic E-state index is 13.6. The minimum absolute atomic E-state index is 0.00997. The van der Waals surface area contributed by atoms with Crippen molar-refractivity contribution in [2.75, 3.05) is 0 Å². The molecule has 1 aliphatic carbocycles. The number of ketones is 1. The number of nitriles is 2. The van der Waals surface area contributed by atoms with Gasteiger partial charge in [0.1, 0.15) is 17.5 Å². The number of aromatic nitrogens is 3. The second-order valence-electron chi connectivity index (χ2n) is 7.85. The van der Waals surface area contributed by atoms with Crippen molar-refractivity contribution in [1.29, 1.82) is 10.5 Å². The van der Waals surface area contributed by atoms with Crippen LogP contribution in [0.3, 0.4) is 0 Å². The van der Waals surface area contributed by atoms with E-state index in [9.17, 15) is 14.4 Å². The van der Waals surface area contributed by atoms with Gasteiger partial charge in [-0.1, -0.05) is 13.0 Å². The molecule has 0 bridgehead atoms. The number of benzene rings is 1. The first-order chi connectivity index (χ1) is 15.3. The summed E-state index contributed by atoms with van der Waals surface area (Å²) >= 11 is 0. The summed E-state index contributed by atoms with van der Waals surface area (Å²) < 4.78 is 1.26. The lowest BCUT2D eigenvalue weighted by Crippen LogP contribution is -2.40. The number of hydrogen-bond acceptors (Lipinski definition) is 6. The number of H-pyrrole nitrogens is 1. The number of hydrogen-bond donors (Lipinski definition) is 1. The Hall–Kier alpha value is -4.30. The standard InChI is InChI=1S/C24H19N5O3/c1-13-8-15(4-3-6-25)10-18-19(13)14(2)20-21(22(18)30)29(24(32)28-23(20)31)12-16-5-7-27-17(9-16)11-26/h5,7-10,14H,3-4,12H2,1-2H3,(H,28,31,32). The van der Waals surface area contributed by atoms with Crippen LogP contribution < -0.4 is 11.2 Å². The molecule has 0 saturated heterocycles. The van der Waals surface area contributed by atoms with Crippen LogP contribution in [0.15, 0.2) is 40.1 Å². The Bertz CT molecular complexity index is 1470. The van der Waals surface area contributed by atoms with E-state index in [-0.39, 0.29) is 23.5 Å². The number of aryl methyl sites for hydroxylation is 2. The van der Waals surface area contributed by atoms with Crippen molar-refractivity contribution in [2.24, 2.45) is 0 Å². The van der Waals surface area contributed by atoms with Gasteiger partial charge in [0.15, 0.2) is 0 Å². The van der Waals surface area contributed by atoms with Crippen LogP contribution in [-0.2, 0) is 13.0 Å². The van der Waals surface area contributed by atoms with Crippen LogP contribution in [0.4, 0.5) is 0 Å². The first kappa shape index (κ1) is 21.0. The van der Waals surface area contributed by atoms with Crippen LogP contribution in [-0.4, -0.2) is 20.3 Å². The van der Waals surface area contributed by atoms with Gasteiger partial charge in [0.2, 0.25) is 5.78 Å². The Labute approximate surface area is 183 Å². The first-order valence-electron chi connectivity index (χ1n) is 10.1. The third-order valence-electron chi connectivity index (χ3n) is 5.81. The molecule has 8 heteroatoms. The van der Waals surface area contributed by atoms with Crippen molar-refractivity contribution in [1.82, 2.24) is 14.5 Å². The number of nitrogens with zero attached hydrogens (tertiary/aromatic N) is 4. The molecule has 1 aromatic carbocycles. The minimum atomic E-state index is -0.689. The van der Waals surface area contributed by atoms with Gasteiger partial charge in [0.25, 0.3) is 5.56 Å². The molecule has 158 valence electrons. The van der Waals surface area contributed by atoms with E-state index >= 15 is 0 Å². The summed E-state index contributed by atoms with van der Waals surface area (Å²) in [5.41, 5.74) is 2.78. The van der Waals surface area contributed by atoms with E-state index in [1.807, 2.05) is 26.0 Å². The molecule has 4 rings (SSSR count). The van der Waals surface area contributed by atoms with Gasteiger partial charge in [-0.15, -0.1) is 0 Å². The number of nitrogens with one attached hydrogen (secondary N) is 1. The second-order valence-corrected chi connectivity index (χ2v) is 7.85. The van der Waals surface area contributed by atoms with E-state index in [1.54, 1.807) is 18.2 Å². The van der Waals surface area contributed by atoms with Crippen molar-refractivity contribution in [3.8, 4) is 12.1 Å². The Morgan fingerprint density at radius 3 is 2.62 bits per heavy atom. The van der Waals surface area contributed by atoms with Crippen molar-refractivity contribution >= 4 is 5.78 Å². The molecule has 8 nitrogen and oxygen atoms in total. The van der Waals surface area contributed by atoms with Crippen molar-refractivity contribution in [2.45, 2.75) is 39.2 Å². The van der Waals surface area contributed by atoms with Crippen molar-refractivity contribution in [3.05, 3.63) is 96.1 Å². The monoisotopic (exact) mass is 425 g/mol. The predicted octanol–water partition coefficient (Wildman–Crippen LogP) is 2.31. The molecule has 1 aliphatic rings. The fourth-order valence-corrected chi connectivity index (χ4v) is 4.45. The summed E-state index contributed by atoms with van der Waals surface area (Å²) in [6.07, 6.45) is 2.29. The fourth-order valence-electron chi connectivity index (χ4n) is 4.45. The Morgan fingerprint density at radius 2 is 1.91 bits per heavy atom. The lowest BCUT2D eigenvalue weighted by molar-refractivity contribution is 0.102. The van der Waals surface area contributed by atoms with E-state index in [0.717, 1.165) is 16.7 Å². The topological polar surface area (TPSA) is 132 Å². The zero-order valence-corrected chi connectivity index (χ0v) is 17.6. The van der Waals surface area contributed by atoms with Crippen LogP contribution in [0.1, 0.15) is 68.8 Å². The maximum atomic E-state index is 13.6.